The van der Waals surface area contributed by atoms with Crippen LogP contribution in [0.3, 0.4) is 0 Å². The number of nitrogens with zero attached hydrogens (tertiary/aromatic N) is 1. The van der Waals surface area contributed by atoms with Crippen LogP contribution in [0.25, 0.3) is 0 Å². The minimum atomic E-state index is -0.438. The number of benzene rings is 2. The van der Waals surface area contributed by atoms with Gasteiger partial charge < -0.3 is 10.1 Å². The third-order valence-electron chi connectivity index (χ3n) is 3.37. The average Bonchev–Trinajstić information content (AvgIpc) is 2.63. The van der Waals surface area contributed by atoms with Gasteiger partial charge in [0, 0.05) is 15.5 Å². The highest BCUT2D eigenvalue weighted by Gasteiger charge is 2.17. The highest BCUT2D eigenvalue weighted by Crippen LogP contribution is 2.24. The van der Waals surface area contributed by atoms with Crippen molar-refractivity contribution in [3.8, 4) is 5.40 Å². The number of carbonyl (C=O) groups excluding carboxylic acids is 2. The fraction of sp³-hybridized carbons (Fsp3) is 0.211. The number of thioether (sulfide) groups is 2. The van der Waals surface area contributed by atoms with E-state index in [1.807, 2.05) is 48.7 Å². The molecule has 26 heavy (non-hydrogen) atoms. The molecule has 5 nitrogen and oxygen atoms in total. The zero-order valence-electron chi connectivity index (χ0n) is 14.4. The molecule has 0 saturated carbocycles. The van der Waals surface area contributed by atoms with Crippen LogP contribution in [-0.2, 0) is 14.3 Å². The zero-order chi connectivity index (χ0) is 18.9. The Labute approximate surface area is 161 Å². The number of aryl methyl sites for hydroxylation is 1. The summed E-state index contributed by atoms with van der Waals surface area (Å²) >= 11 is 2.44. The van der Waals surface area contributed by atoms with Crippen LogP contribution in [0, 0.1) is 17.6 Å². The number of nitrogens with one attached hydrogen (secondary N) is 1. The quantitative estimate of drug-likeness (QED) is 0.436. The highest BCUT2D eigenvalue weighted by atomic mass is 32.2. The Morgan fingerprint density at radius 3 is 2.58 bits per heavy atom. The fourth-order valence-electron chi connectivity index (χ4n) is 2.08. The van der Waals surface area contributed by atoms with Gasteiger partial charge in [-0.25, -0.2) is 0 Å². The van der Waals surface area contributed by atoms with Crippen molar-refractivity contribution >= 4 is 41.1 Å². The maximum Gasteiger partial charge on any atom is 0.319 e. The molecule has 0 aliphatic heterocycles. The number of hydrogen-bond donors (Lipinski definition) is 1. The molecule has 1 amide bonds. The Balaban J connectivity index is 1.82. The summed E-state index contributed by atoms with van der Waals surface area (Å²) in [5.74, 6) is -0.842. The third-order valence-corrected chi connectivity index (χ3v) is 5.04. The summed E-state index contributed by atoms with van der Waals surface area (Å²) in [4.78, 5) is 25.8. The summed E-state index contributed by atoms with van der Waals surface area (Å²) in [6.07, 6.45) is 0. The van der Waals surface area contributed by atoms with Crippen molar-refractivity contribution in [2.24, 2.45) is 0 Å². The number of hydrogen-bond acceptors (Lipinski definition) is 6. The second-order valence-corrected chi connectivity index (χ2v) is 7.67. The third kappa shape index (κ3) is 6.14. The van der Waals surface area contributed by atoms with Gasteiger partial charge in [0.25, 0.3) is 5.91 Å². The molecule has 0 radical (unpaired) electrons. The van der Waals surface area contributed by atoms with E-state index in [4.69, 9.17) is 10.00 Å². The van der Waals surface area contributed by atoms with E-state index in [9.17, 15) is 9.59 Å². The van der Waals surface area contributed by atoms with Crippen LogP contribution < -0.4 is 5.32 Å². The summed E-state index contributed by atoms with van der Waals surface area (Å²) in [5.41, 5.74) is 1.46. The number of thiocyanates is 1. The molecule has 0 saturated heterocycles. The number of rotatable bonds is 7. The maximum absolute atomic E-state index is 12.0. The number of amides is 1. The SMILES string of the molecule is Cc1cc(SC#N)ccc1NC(=O)COC(=O)[C@@H](C)Sc1ccccc1. The number of nitriles is 1. The molecule has 2 rings (SSSR count). The largest absolute Gasteiger partial charge is 0.455 e. The molecule has 0 heterocycles. The van der Waals surface area contributed by atoms with E-state index in [1.165, 1.54) is 11.8 Å². The van der Waals surface area contributed by atoms with Crippen molar-refractivity contribution in [3.05, 3.63) is 54.1 Å². The van der Waals surface area contributed by atoms with Gasteiger partial charge in [0.2, 0.25) is 0 Å². The van der Waals surface area contributed by atoms with Crippen LogP contribution in [0.1, 0.15) is 12.5 Å². The van der Waals surface area contributed by atoms with E-state index in [1.54, 1.807) is 19.1 Å². The molecule has 7 heteroatoms. The van der Waals surface area contributed by atoms with Gasteiger partial charge in [-0.2, -0.15) is 5.26 Å². The number of ether oxygens (including phenoxy) is 1. The van der Waals surface area contributed by atoms with Gasteiger partial charge >= 0.3 is 5.97 Å². The van der Waals surface area contributed by atoms with E-state index in [0.29, 0.717) is 5.69 Å². The molecule has 1 atom stereocenters. The standard InChI is InChI=1S/C19H18N2O3S2/c1-13-10-16(25-12-20)8-9-17(13)21-18(22)11-24-19(23)14(2)26-15-6-4-3-5-7-15/h3-10,14H,11H2,1-2H3,(H,21,22)/t14-/m1/s1. The summed E-state index contributed by atoms with van der Waals surface area (Å²) in [5, 5.41) is 13.0. The lowest BCUT2D eigenvalue weighted by molar-refractivity contribution is -0.146. The van der Waals surface area contributed by atoms with E-state index < -0.39 is 17.1 Å². The minimum Gasteiger partial charge on any atom is -0.455 e. The molecule has 2 aromatic carbocycles. The van der Waals surface area contributed by atoms with Gasteiger partial charge in [-0.3, -0.25) is 9.59 Å². The summed E-state index contributed by atoms with van der Waals surface area (Å²) < 4.78 is 5.09. The normalized spacial score (nSPS) is 11.3. The van der Waals surface area contributed by atoms with Crippen molar-refractivity contribution in [3.63, 3.8) is 0 Å². The molecule has 2 aromatic rings. The molecule has 0 unspecified atom stereocenters. The van der Waals surface area contributed by atoms with Crippen LogP contribution in [0.2, 0.25) is 0 Å². The highest BCUT2D eigenvalue weighted by molar-refractivity contribution is 8.03. The van der Waals surface area contributed by atoms with Crippen LogP contribution in [0.4, 0.5) is 5.69 Å². The lowest BCUT2D eigenvalue weighted by atomic mass is 10.2. The van der Waals surface area contributed by atoms with Gasteiger partial charge in [-0.1, -0.05) is 18.2 Å². The smallest absolute Gasteiger partial charge is 0.319 e. The lowest BCUT2D eigenvalue weighted by Gasteiger charge is -2.12. The van der Waals surface area contributed by atoms with Gasteiger partial charge in [0.15, 0.2) is 6.61 Å². The molecular weight excluding hydrogens is 368 g/mol. The fourth-order valence-corrected chi connectivity index (χ4v) is 3.45. The van der Waals surface area contributed by atoms with E-state index in [2.05, 4.69) is 5.32 Å². The second-order valence-electron chi connectivity index (χ2n) is 5.40. The summed E-state index contributed by atoms with van der Waals surface area (Å²) in [6, 6.07) is 14.8. The molecule has 0 aromatic heterocycles. The molecule has 0 spiro atoms. The first kappa shape index (κ1) is 19.9. The van der Waals surface area contributed by atoms with Gasteiger partial charge in [0.05, 0.1) is 0 Å². The van der Waals surface area contributed by atoms with Crippen molar-refractivity contribution in [1.82, 2.24) is 0 Å². The van der Waals surface area contributed by atoms with Crippen LogP contribution in [0.5, 0.6) is 0 Å². The van der Waals surface area contributed by atoms with Gasteiger partial charge in [-0.15, -0.1) is 11.8 Å². The topological polar surface area (TPSA) is 79.2 Å². The molecule has 0 aliphatic rings. The van der Waals surface area contributed by atoms with E-state index >= 15 is 0 Å². The van der Waals surface area contributed by atoms with Crippen molar-refractivity contribution in [2.45, 2.75) is 28.9 Å². The van der Waals surface area contributed by atoms with Gasteiger partial charge in [-0.05, 0) is 61.5 Å². The first-order valence-corrected chi connectivity index (χ1v) is 9.54. The monoisotopic (exact) mass is 386 g/mol. The molecule has 0 aliphatic carbocycles. The summed E-state index contributed by atoms with van der Waals surface area (Å²) in [6.45, 7) is 3.24. The van der Waals surface area contributed by atoms with Crippen molar-refractivity contribution in [1.29, 1.82) is 5.26 Å². The van der Waals surface area contributed by atoms with Crippen LogP contribution in [-0.4, -0.2) is 23.7 Å². The minimum absolute atomic E-state index is 0.341. The number of anilines is 1. The molecule has 1 N–H and O–H groups in total. The van der Waals surface area contributed by atoms with E-state index in [-0.39, 0.29) is 6.61 Å². The van der Waals surface area contributed by atoms with Crippen molar-refractivity contribution in [2.75, 3.05) is 11.9 Å². The second kappa shape index (κ2) is 9.90. The maximum atomic E-state index is 12.0. The Hall–Kier alpha value is -2.43. The van der Waals surface area contributed by atoms with Crippen LogP contribution in [0.15, 0.2) is 58.3 Å². The molecule has 134 valence electrons. The Kier molecular flexibility index (Phi) is 7.57. The summed E-state index contributed by atoms with van der Waals surface area (Å²) in [7, 11) is 0. The Bertz CT molecular complexity index is 819. The molecule has 0 bridgehead atoms. The van der Waals surface area contributed by atoms with Gasteiger partial charge in [0.1, 0.15) is 10.7 Å². The molecule has 0 fully saturated rings. The lowest BCUT2D eigenvalue weighted by Crippen LogP contribution is -2.25. The predicted molar refractivity (Wildman–Crippen MR) is 104 cm³/mol. The van der Waals surface area contributed by atoms with Crippen molar-refractivity contribution < 1.29 is 14.3 Å². The van der Waals surface area contributed by atoms with Crippen LogP contribution >= 0.6 is 23.5 Å². The first-order valence-electron chi connectivity index (χ1n) is 7.84. The average molecular weight is 386 g/mol. The number of esters is 1. The zero-order valence-corrected chi connectivity index (χ0v) is 16.0. The van der Waals surface area contributed by atoms with E-state index in [0.717, 1.165) is 27.1 Å². The molecular formula is C19H18N2O3S2. The first-order chi connectivity index (χ1) is 12.5. The number of carbonyl (C=O) groups is 2. The Morgan fingerprint density at radius 2 is 1.92 bits per heavy atom. The Morgan fingerprint density at radius 1 is 1.19 bits per heavy atom. The predicted octanol–water partition coefficient (Wildman–Crippen LogP) is 4.23.